The van der Waals surface area contributed by atoms with E-state index in [1.807, 2.05) is 38.4 Å². The molecule has 0 atom stereocenters. The highest BCUT2D eigenvalue weighted by Crippen LogP contribution is 2.30. The zero-order valence-electron chi connectivity index (χ0n) is 20.2. The van der Waals surface area contributed by atoms with Crippen LogP contribution in [0.5, 0.6) is 0 Å². The largest absolute Gasteiger partial charge is 0.371 e. The summed E-state index contributed by atoms with van der Waals surface area (Å²) in [4.78, 5) is 15.4. The molecule has 0 saturated carbocycles. The first-order valence-corrected chi connectivity index (χ1v) is 11.3. The molecule has 1 aliphatic rings. The Bertz CT molecular complexity index is 1310. The lowest BCUT2D eigenvalue weighted by Gasteiger charge is -2.28. The Balaban J connectivity index is 0.000000257. The van der Waals surface area contributed by atoms with Crippen molar-refractivity contribution >= 4 is 28.4 Å². The first-order valence-electron chi connectivity index (χ1n) is 11.3. The topological polar surface area (TPSA) is 102 Å². The molecule has 0 radical (unpaired) electrons. The second kappa shape index (κ2) is 9.13. The smallest absolute Gasteiger partial charge is 0.260 e. The minimum absolute atomic E-state index is 0.0625. The molecule has 0 amide bonds. The minimum atomic E-state index is -2.42. The molecular formula is C23H31F2N9. The van der Waals surface area contributed by atoms with Gasteiger partial charge in [-0.15, -0.1) is 5.10 Å². The number of piperidine rings is 1. The molecule has 3 N–H and O–H groups in total. The summed E-state index contributed by atoms with van der Waals surface area (Å²) in [7, 11) is 3.54. The quantitative estimate of drug-likeness (QED) is 0.466. The summed E-state index contributed by atoms with van der Waals surface area (Å²) in [6, 6.07) is 6.24. The maximum absolute atomic E-state index is 12.4. The summed E-state index contributed by atoms with van der Waals surface area (Å²) in [6.45, 7) is 7.02. The second-order valence-electron chi connectivity index (χ2n) is 8.95. The van der Waals surface area contributed by atoms with Crippen LogP contribution in [-0.4, -0.2) is 67.1 Å². The number of alkyl halides is 2. The number of nitrogens with one attached hydrogen (secondary N) is 1. The minimum Gasteiger partial charge on any atom is -0.371 e. The van der Waals surface area contributed by atoms with E-state index in [9.17, 15) is 8.78 Å². The standard InChI is InChI=1S/C17H20N8.C6H11F2N/c1-9(2)25-10(3)20-13-6-5-12(21-16(13)25)11-7-8-24-14(11)15(19-4)22-17(18)23-24;1-9-4-2-3-6(7,8)5-9/h5-9H,1-4H3,(H3,18,19,22,23);2-5H2,1H3. The third-order valence-corrected chi connectivity index (χ3v) is 5.85. The van der Waals surface area contributed by atoms with Crippen molar-refractivity contribution in [3.05, 3.63) is 30.2 Å². The molecule has 11 heteroatoms. The van der Waals surface area contributed by atoms with Gasteiger partial charge in [0.25, 0.3) is 5.92 Å². The van der Waals surface area contributed by atoms with Crippen LogP contribution in [0, 0.1) is 6.92 Å². The lowest BCUT2D eigenvalue weighted by Crippen LogP contribution is -2.39. The predicted molar refractivity (Wildman–Crippen MR) is 130 cm³/mol. The van der Waals surface area contributed by atoms with Gasteiger partial charge in [-0.05, 0) is 59.0 Å². The van der Waals surface area contributed by atoms with Gasteiger partial charge in [0.1, 0.15) is 16.9 Å². The molecule has 0 unspecified atom stereocenters. The number of aryl methyl sites for hydroxylation is 1. The average Bonchev–Trinajstić information content (AvgIpc) is 3.32. The van der Waals surface area contributed by atoms with E-state index in [0.717, 1.165) is 40.3 Å². The van der Waals surface area contributed by atoms with Gasteiger partial charge in [-0.1, -0.05) is 0 Å². The number of halogens is 2. The van der Waals surface area contributed by atoms with Gasteiger partial charge in [0.05, 0.1) is 12.2 Å². The van der Waals surface area contributed by atoms with Crippen molar-refractivity contribution in [2.24, 2.45) is 0 Å². The van der Waals surface area contributed by atoms with Crippen molar-refractivity contribution in [1.82, 2.24) is 34.0 Å². The summed E-state index contributed by atoms with van der Waals surface area (Å²) < 4.78 is 28.7. The summed E-state index contributed by atoms with van der Waals surface area (Å²) in [5.41, 5.74) is 10.2. The Labute approximate surface area is 197 Å². The number of fused-ring (bicyclic) bond motifs is 2. The molecule has 9 nitrogen and oxygen atoms in total. The van der Waals surface area contributed by atoms with E-state index < -0.39 is 5.92 Å². The Morgan fingerprint density at radius 3 is 2.53 bits per heavy atom. The molecule has 4 aromatic heterocycles. The maximum atomic E-state index is 12.4. The number of rotatable bonds is 3. The molecule has 182 valence electrons. The Morgan fingerprint density at radius 2 is 1.91 bits per heavy atom. The molecule has 34 heavy (non-hydrogen) atoms. The summed E-state index contributed by atoms with van der Waals surface area (Å²) in [6.07, 6.45) is 2.56. The van der Waals surface area contributed by atoms with Crippen LogP contribution in [0.4, 0.5) is 20.5 Å². The van der Waals surface area contributed by atoms with E-state index in [2.05, 4.69) is 38.8 Å². The molecule has 5 heterocycles. The fraction of sp³-hybridized carbons (Fsp3) is 0.478. The molecule has 0 aliphatic carbocycles. The van der Waals surface area contributed by atoms with Crippen molar-refractivity contribution in [3.8, 4) is 11.3 Å². The third-order valence-electron chi connectivity index (χ3n) is 5.85. The summed E-state index contributed by atoms with van der Waals surface area (Å²) >= 11 is 0. The highest BCUT2D eigenvalue weighted by molar-refractivity contribution is 5.89. The second-order valence-corrected chi connectivity index (χ2v) is 8.95. The van der Waals surface area contributed by atoms with Gasteiger partial charge in [0.15, 0.2) is 11.5 Å². The lowest BCUT2D eigenvalue weighted by atomic mass is 10.1. The van der Waals surface area contributed by atoms with Crippen LogP contribution < -0.4 is 11.1 Å². The van der Waals surface area contributed by atoms with Gasteiger partial charge in [-0.3, -0.25) is 0 Å². The number of nitrogen functional groups attached to an aromatic ring is 1. The van der Waals surface area contributed by atoms with Gasteiger partial charge in [-0.25, -0.2) is 23.3 Å². The molecule has 0 aromatic carbocycles. The molecule has 1 aliphatic heterocycles. The van der Waals surface area contributed by atoms with Gasteiger partial charge in [0, 0.05) is 31.3 Å². The van der Waals surface area contributed by atoms with Crippen LogP contribution in [0.1, 0.15) is 38.6 Å². The zero-order valence-corrected chi connectivity index (χ0v) is 20.2. The first kappa shape index (κ1) is 23.8. The van der Waals surface area contributed by atoms with Crippen LogP contribution in [0.15, 0.2) is 24.4 Å². The highest BCUT2D eigenvalue weighted by Gasteiger charge is 2.33. The zero-order chi connectivity index (χ0) is 24.6. The predicted octanol–water partition coefficient (Wildman–Crippen LogP) is 4.00. The molecule has 0 spiro atoms. The van der Waals surface area contributed by atoms with Crippen LogP contribution in [0.25, 0.3) is 27.9 Å². The monoisotopic (exact) mass is 471 g/mol. The van der Waals surface area contributed by atoms with Crippen LogP contribution in [0.2, 0.25) is 0 Å². The highest BCUT2D eigenvalue weighted by atomic mass is 19.3. The maximum Gasteiger partial charge on any atom is 0.260 e. The van der Waals surface area contributed by atoms with E-state index in [-0.39, 0.29) is 25.0 Å². The summed E-state index contributed by atoms with van der Waals surface area (Å²) in [5, 5.41) is 7.32. The number of nitrogens with two attached hydrogens (primary N) is 1. The van der Waals surface area contributed by atoms with Crippen molar-refractivity contribution in [1.29, 1.82) is 0 Å². The van der Waals surface area contributed by atoms with Crippen LogP contribution in [-0.2, 0) is 0 Å². The number of likely N-dealkylation sites (tertiary alicyclic amines) is 1. The number of nitrogens with zero attached hydrogens (tertiary/aromatic N) is 7. The van der Waals surface area contributed by atoms with Gasteiger partial charge in [-0.2, -0.15) is 4.98 Å². The number of anilines is 2. The Morgan fingerprint density at radius 1 is 1.15 bits per heavy atom. The van der Waals surface area contributed by atoms with Crippen LogP contribution >= 0.6 is 0 Å². The van der Waals surface area contributed by atoms with Crippen LogP contribution in [0.3, 0.4) is 0 Å². The average molecular weight is 472 g/mol. The van der Waals surface area contributed by atoms with E-state index in [1.54, 1.807) is 16.5 Å². The number of imidazole rings is 1. The first-order chi connectivity index (χ1) is 16.1. The van der Waals surface area contributed by atoms with E-state index >= 15 is 0 Å². The molecule has 0 bridgehead atoms. The fourth-order valence-electron chi connectivity index (χ4n) is 4.44. The van der Waals surface area contributed by atoms with Gasteiger partial charge >= 0.3 is 0 Å². The van der Waals surface area contributed by atoms with E-state index in [0.29, 0.717) is 12.2 Å². The lowest BCUT2D eigenvalue weighted by molar-refractivity contribution is -0.0571. The third kappa shape index (κ3) is 4.65. The number of aromatic nitrogens is 6. The molecule has 1 saturated heterocycles. The number of pyridine rings is 1. The number of hydrogen-bond acceptors (Lipinski definition) is 7. The van der Waals surface area contributed by atoms with Gasteiger partial charge in [0.2, 0.25) is 5.95 Å². The summed E-state index contributed by atoms with van der Waals surface area (Å²) in [5.74, 6) is -0.574. The van der Waals surface area contributed by atoms with E-state index in [4.69, 9.17) is 10.7 Å². The Kier molecular flexibility index (Phi) is 6.39. The van der Waals surface area contributed by atoms with Crippen molar-refractivity contribution in [2.45, 2.75) is 45.6 Å². The van der Waals surface area contributed by atoms with Crippen molar-refractivity contribution in [2.75, 3.05) is 38.2 Å². The molecule has 4 aromatic rings. The molecular weight excluding hydrogens is 440 g/mol. The Hall–Kier alpha value is -3.34. The van der Waals surface area contributed by atoms with Crippen molar-refractivity contribution < 1.29 is 8.78 Å². The normalized spacial score (nSPS) is 16.1. The van der Waals surface area contributed by atoms with E-state index in [1.165, 1.54) is 0 Å². The molecule has 1 fully saturated rings. The number of hydrogen-bond donors (Lipinski definition) is 2. The fourth-order valence-corrected chi connectivity index (χ4v) is 4.44. The SMILES string of the molecule is CN1CCCC(F)(F)C1.CNc1nc(N)nn2ccc(-c3ccc4nc(C)n(C(C)C)c4n3)c12. The van der Waals surface area contributed by atoms with Crippen molar-refractivity contribution in [3.63, 3.8) is 0 Å². The molecule has 5 rings (SSSR count). The van der Waals surface area contributed by atoms with Gasteiger partial charge < -0.3 is 20.5 Å².